The molecule has 160 valence electrons. The van der Waals surface area contributed by atoms with Crippen LogP contribution in [-0.4, -0.2) is 16.4 Å². The summed E-state index contributed by atoms with van der Waals surface area (Å²) in [5, 5.41) is 6.10. The Morgan fingerprint density at radius 1 is 0.774 bits per heavy atom. The molecule has 3 aromatic rings. The number of benzene rings is 2. The zero-order valence-corrected chi connectivity index (χ0v) is 18.8. The molecule has 1 aliphatic heterocycles. The second-order valence-corrected chi connectivity index (χ2v) is 8.44. The van der Waals surface area contributed by atoms with Crippen LogP contribution < -0.4 is 10.6 Å². The molecule has 0 spiro atoms. The number of nitrogens with one attached hydrogen (secondary N) is 2. The van der Waals surface area contributed by atoms with Crippen LogP contribution in [0, 0.1) is 34.6 Å². The van der Waals surface area contributed by atoms with Crippen LogP contribution in [0.5, 0.6) is 0 Å². The Hall–Kier alpha value is -3.34. The van der Waals surface area contributed by atoms with E-state index >= 15 is 0 Å². The van der Waals surface area contributed by atoms with E-state index in [2.05, 4.69) is 15.2 Å². The van der Waals surface area contributed by atoms with Crippen molar-refractivity contribution in [2.45, 2.75) is 54.0 Å². The van der Waals surface area contributed by atoms with Crippen molar-refractivity contribution in [2.24, 2.45) is 0 Å². The summed E-state index contributed by atoms with van der Waals surface area (Å²) in [7, 11) is 0. The van der Waals surface area contributed by atoms with Gasteiger partial charge in [0, 0.05) is 29.3 Å². The lowest BCUT2D eigenvalue weighted by atomic mass is 10.0. The molecule has 5 heteroatoms. The number of amides is 2. The molecule has 1 aliphatic rings. The number of fused-ring (bicyclic) bond motifs is 1. The summed E-state index contributed by atoms with van der Waals surface area (Å²) in [4.78, 5) is 26.8. The first-order chi connectivity index (χ1) is 14.8. The highest BCUT2D eigenvalue weighted by molar-refractivity contribution is 6.17. The van der Waals surface area contributed by atoms with Gasteiger partial charge in [-0.2, -0.15) is 0 Å². The molecule has 0 radical (unpaired) electrons. The predicted octanol–water partition coefficient (Wildman–Crippen LogP) is 5.48. The monoisotopic (exact) mass is 415 g/mol. The van der Waals surface area contributed by atoms with Crippen LogP contribution in [0.25, 0.3) is 0 Å². The van der Waals surface area contributed by atoms with Gasteiger partial charge in [0.2, 0.25) is 0 Å². The minimum absolute atomic E-state index is 0.224. The maximum atomic E-state index is 13.4. The molecule has 2 heterocycles. The Labute approximate surface area is 183 Å². The molecule has 0 fully saturated rings. The van der Waals surface area contributed by atoms with Gasteiger partial charge in [-0.1, -0.05) is 24.3 Å². The van der Waals surface area contributed by atoms with Crippen LogP contribution in [0.2, 0.25) is 0 Å². The van der Waals surface area contributed by atoms with Gasteiger partial charge in [0.05, 0.1) is 11.1 Å². The normalized spacial score (nSPS) is 12.5. The van der Waals surface area contributed by atoms with Crippen LogP contribution in [0.3, 0.4) is 0 Å². The van der Waals surface area contributed by atoms with Crippen LogP contribution in [0.4, 0.5) is 11.4 Å². The maximum Gasteiger partial charge on any atom is 0.258 e. The van der Waals surface area contributed by atoms with Gasteiger partial charge >= 0.3 is 0 Å². The van der Waals surface area contributed by atoms with Crippen molar-refractivity contribution in [3.63, 3.8) is 0 Å². The van der Waals surface area contributed by atoms with Gasteiger partial charge in [-0.25, -0.2) is 0 Å². The van der Waals surface area contributed by atoms with Crippen molar-refractivity contribution in [1.29, 1.82) is 0 Å². The van der Waals surface area contributed by atoms with Gasteiger partial charge in [-0.15, -0.1) is 0 Å². The van der Waals surface area contributed by atoms with Crippen LogP contribution in [-0.2, 0) is 13.0 Å². The van der Waals surface area contributed by atoms with E-state index in [0.29, 0.717) is 11.1 Å². The Bertz CT molecular complexity index is 1200. The summed E-state index contributed by atoms with van der Waals surface area (Å²) in [5.74, 6) is -0.460. The summed E-state index contributed by atoms with van der Waals surface area (Å²) in [6.07, 6.45) is 1.78. The van der Waals surface area contributed by atoms with E-state index in [0.717, 1.165) is 64.4 Å². The number of hydrogen-bond acceptors (Lipinski definition) is 2. The first-order valence-corrected chi connectivity index (χ1v) is 10.8. The SMILES string of the molecule is Cc1cccc(NC(=O)c2c(C(=O)Nc3cccc(C)c3C)c3n(c2C)CCC3)c1C. The first kappa shape index (κ1) is 20.9. The van der Waals surface area contributed by atoms with Crippen molar-refractivity contribution >= 4 is 23.2 Å². The van der Waals surface area contributed by atoms with E-state index in [1.807, 2.05) is 71.0 Å². The predicted molar refractivity (Wildman–Crippen MR) is 125 cm³/mol. The topological polar surface area (TPSA) is 63.1 Å². The van der Waals surface area contributed by atoms with Crippen LogP contribution >= 0.6 is 0 Å². The minimum Gasteiger partial charge on any atom is -0.347 e. The molecular formula is C26H29N3O2. The van der Waals surface area contributed by atoms with Gasteiger partial charge < -0.3 is 15.2 Å². The second kappa shape index (κ2) is 8.06. The summed E-state index contributed by atoms with van der Waals surface area (Å²) in [5.41, 5.74) is 8.61. The quantitative estimate of drug-likeness (QED) is 0.593. The molecule has 2 amide bonds. The molecule has 2 N–H and O–H groups in total. The van der Waals surface area contributed by atoms with Crippen molar-refractivity contribution < 1.29 is 9.59 Å². The number of carbonyl (C=O) groups is 2. The molecule has 5 nitrogen and oxygen atoms in total. The molecule has 0 bridgehead atoms. The van der Waals surface area contributed by atoms with E-state index in [9.17, 15) is 9.59 Å². The van der Waals surface area contributed by atoms with E-state index < -0.39 is 0 Å². The maximum absolute atomic E-state index is 13.4. The molecule has 4 rings (SSSR count). The summed E-state index contributed by atoms with van der Waals surface area (Å²) >= 11 is 0. The third kappa shape index (κ3) is 3.65. The van der Waals surface area contributed by atoms with Crippen molar-refractivity contribution in [3.05, 3.63) is 81.2 Å². The lowest BCUT2D eigenvalue weighted by Crippen LogP contribution is -2.21. The molecule has 1 aromatic heterocycles. The van der Waals surface area contributed by atoms with E-state index in [1.54, 1.807) is 0 Å². The third-order valence-electron chi connectivity index (χ3n) is 6.59. The number of rotatable bonds is 4. The fourth-order valence-electron chi connectivity index (χ4n) is 4.43. The van der Waals surface area contributed by atoms with Gasteiger partial charge in [-0.3, -0.25) is 9.59 Å². The van der Waals surface area contributed by atoms with Crippen LogP contribution in [0.15, 0.2) is 36.4 Å². The summed E-state index contributed by atoms with van der Waals surface area (Å²) < 4.78 is 2.12. The zero-order valence-electron chi connectivity index (χ0n) is 18.8. The smallest absolute Gasteiger partial charge is 0.258 e. The van der Waals surface area contributed by atoms with Crippen LogP contribution in [0.1, 0.15) is 60.8 Å². The summed E-state index contributed by atoms with van der Waals surface area (Å²) in [6, 6.07) is 11.7. The van der Waals surface area contributed by atoms with Gasteiger partial charge in [0.15, 0.2) is 0 Å². The molecular weight excluding hydrogens is 386 g/mol. The average molecular weight is 416 g/mol. The fraction of sp³-hybridized carbons (Fsp3) is 0.308. The second-order valence-electron chi connectivity index (χ2n) is 8.44. The van der Waals surface area contributed by atoms with Crippen molar-refractivity contribution in [1.82, 2.24) is 4.57 Å². The zero-order chi connectivity index (χ0) is 22.3. The Morgan fingerprint density at radius 2 is 1.29 bits per heavy atom. The van der Waals surface area contributed by atoms with Gasteiger partial charge in [0.1, 0.15) is 0 Å². The van der Waals surface area contributed by atoms with Crippen molar-refractivity contribution in [2.75, 3.05) is 10.6 Å². The molecule has 0 saturated carbocycles. The lowest BCUT2D eigenvalue weighted by Gasteiger charge is -2.14. The minimum atomic E-state index is -0.237. The first-order valence-electron chi connectivity index (χ1n) is 10.8. The Balaban J connectivity index is 1.74. The summed E-state index contributed by atoms with van der Waals surface area (Å²) in [6.45, 7) is 10.8. The van der Waals surface area contributed by atoms with Gasteiger partial charge in [0.25, 0.3) is 11.8 Å². The molecule has 0 atom stereocenters. The van der Waals surface area contributed by atoms with E-state index in [1.165, 1.54) is 0 Å². The highest BCUT2D eigenvalue weighted by Crippen LogP contribution is 2.31. The highest BCUT2D eigenvalue weighted by atomic mass is 16.2. The number of carbonyl (C=O) groups excluding carboxylic acids is 2. The number of hydrogen-bond donors (Lipinski definition) is 2. The lowest BCUT2D eigenvalue weighted by molar-refractivity contribution is 0.0990. The molecule has 0 saturated heterocycles. The Kier molecular flexibility index (Phi) is 5.44. The third-order valence-corrected chi connectivity index (χ3v) is 6.59. The average Bonchev–Trinajstić information content (AvgIpc) is 3.31. The van der Waals surface area contributed by atoms with Crippen molar-refractivity contribution in [3.8, 4) is 0 Å². The molecule has 2 aromatic carbocycles. The number of nitrogens with zero attached hydrogens (tertiary/aromatic N) is 1. The molecule has 0 aliphatic carbocycles. The van der Waals surface area contributed by atoms with E-state index in [-0.39, 0.29) is 11.8 Å². The largest absolute Gasteiger partial charge is 0.347 e. The highest BCUT2D eigenvalue weighted by Gasteiger charge is 2.31. The number of aromatic nitrogens is 1. The fourth-order valence-corrected chi connectivity index (χ4v) is 4.43. The van der Waals surface area contributed by atoms with Gasteiger partial charge in [-0.05, 0) is 81.8 Å². The number of aryl methyl sites for hydroxylation is 2. The number of anilines is 2. The standard InChI is InChI=1S/C26H29N3O2/c1-15-9-6-11-20(17(15)3)27-25(30)23-19(5)29-14-8-13-22(29)24(23)26(31)28-21-12-7-10-16(2)18(21)4/h6-7,9-12H,8,13-14H2,1-5H3,(H,27,30)(H,28,31). The Morgan fingerprint density at radius 3 is 1.84 bits per heavy atom. The molecule has 31 heavy (non-hydrogen) atoms. The molecule has 0 unspecified atom stereocenters. The van der Waals surface area contributed by atoms with E-state index in [4.69, 9.17) is 0 Å².